The van der Waals surface area contributed by atoms with Gasteiger partial charge in [0.2, 0.25) is 0 Å². The van der Waals surface area contributed by atoms with Gasteiger partial charge in [0.05, 0.1) is 6.54 Å². The van der Waals surface area contributed by atoms with Crippen molar-refractivity contribution in [2.45, 2.75) is 33.2 Å². The predicted molar refractivity (Wildman–Crippen MR) is 43.6 cm³/mol. The minimum absolute atomic E-state index is 0.537. The Balaban J connectivity index is 2.11. The highest BCUT2D eigenvalue weighted by atomic mass is 15.0. The maximum absolute atomic E-state index is 3.37. The van der Waals surface area contributed by atoms with E-state index in [2.05, 4.69) is 31.0 Å². The lowest BCUT2D eigenvalue weighted by Crippen LogP contribution is -2.20. The summed E-state index contributed by atoms with van der Waals surface area (Å²) in [7, 11) is 0. The van der Waals surface area contributed by atoms with Gasteiger partial charge in [0.25, 0.3) is 0 Å². The first-order valence-electron chi connectivity index (χ1n) is 3.80. The maximum atomic E-state index is 3.37. The average molecular weight is 137 g/mol. The van der Waals surface area contributed by atoms with Crippen LogP contribution in [0.1, 0.15) is 27.2 Å². The first kappa shape index (κ1) is 7.63. The summed E-state index contributed by atoms with van der Waals surface area (Å²) in [4.78, 5) is 0. The zero-order chi connectivity index (χ0) is 7.61. The van der Waals surface area contributed by atoms with Gasteiger partial charge in [-0.2, -0.15) is 0 Å². The molecular formula is C9H15N. The monoisotopic (exact) mass is 137 g/mol. The Morgan fingerprint density at radius 2 is 2.20 bits per heavy atom. The molecule has 1 N–H and O–H groups in total. The molecule has 1 nitrogen and oxygen atoms in total. The summed E-state index contributed by atoms with van der Waals surface area (Å²) >= 11 is 0. The molecule has 1 aliphatic carbocycles. The van der Waals surface area contributed by atoms with E-state index in [1.165, 1.54) is 6.42 Å². The van der Waals surface area contributed by atoms with Gasteiger partial charge >= 0.3 is 0 Å². The molecule has 0 aromatic rings. The topological polar surface area (TPSA) is 12.0 Å². The largest absolute Gasteiger partial charge is 0.303 e. The molecule has 1 atom stereocenters. The fourth-order valence-electron chi connectivity index (χ4n) is 1.08. The Bertz CT molecular complexity index is 171. The predicted octanol–water partition coefficient (Wildman–Crippen LogP) is 1.40. The van der Waals surface area contributed by atoms with Crippen LogP contribution in [-0.2, 0) is 0 Å². The van der Waals surface area contributed by atoms with E-state index in [0.29, 0.717) is 11.5 Å². The van der Waals surface area contributed by atoms with Crippen LogP contribution in [0, 0.1) is 17.3 Å². The smallest absolute Gasteiger partial charge is 0.0578 e. The van der Waals surface area contributed by atoms with Gasteiger partial charge in [0.15, 0.2) is 0 Å². The van der Waals surface area contributed by atoms with Crippen LogP contribution < -0.4 is 5.32 Å². The van der Waals surface area contributed by atoms with Crippen molar-refractivity contribution in [1.29, 1.82) is 0 Å². The van der Waals surface area contributed by atoms with Crippen molar-refractivity contribution in [3.63, 3.8) is 0 Å². The summed E-state index contributed by atoms with van der Waals surface area (Å²) < 4.78 is 0. The van der Waals surface area contributed by atoms with Crippen LogP contribution in [0.15, 0.2) is 0 Å². The SMILES string of the molecule is CC#CCNC1CC1(C)C. The summed E-state index contributed by atoms with van der Waals surface area (Å²) in [5.74, 6) is 5.86. The molecule has 1 rings (SSSR count). The molecule has 0 aliphatic heterocycles. The van der Waals surface area contributed by atoms with E-state index in [1.54, 1.807) is 0 Å². The summed E-state index contributed by atoms with van der Waals surface area (Å²) in [6.07, 6.45) is 1.30. The Hall–Kier alpha value is -0.480. The molecule has 0 bridgehead atoms. The molecule has 1 aliphatic rings. The van der Waals surface area contributed by atoms with Gasteiger partial charge < -0.3 is 5.32 Å². The highest BCUT2D eigenvalue weighted by Gasteiger charge is 2.44. The molecule has 0 saturated heterocycles. The molecule has 1 unspecified atom stereocenters. The zero-order valence-electron chi connectivity index (χ0n) is 6.99. The van der Waals surface area contributed by atoms with Crippen molar-refractivity contribution in [2.75, 3.05) is 6.54 Å². The van der Waals surface area contributed by atoms with Crippen LogP contribution in [0.4, 0.5) is 0 Å². The van der Waals surface area contributed by atoms with Crippen molar-refractivity contribution < 1.29 is 0 Å². The van der Waals surface area contributed by atoms with E-state index in [0.717, 1.165) is 6.54 Å². The van der Waals surface area contributed by atoms with Crippen molar-refractivity contribution in [2.24, 2.45) is 5.41 Å². The second kappa shape index (κ2) is 2.64. The number of hydrogen-bond donors (Lipinski definition) is 1. The van der Waals surface area contributed by atoms with Crippen LogP contribution in [0.3, 0.4) is 0 Å². The fraction of sp³-hybridized carbons (Fsp3) is 0.778. The van der Waals surface area contributed by atoms with Crippen LogP contribution >= 0.6 is 0 Å². The third-order valence-electron chi connectivity index (χ3n) is 2.13. The second-order valence-corrected chi connectivity index (χ2v) is 3.55. The summed E-state index contributed by atoms with van der Waals surface area (Å²) in [5, 5.41) is 3.37. The van der Waals surface area contributed by atoms with E-state index in [-0.39, 0.29) is 0 Å². The number of rotatable bonds is 2. The first-order valence-corrected chi connectivity index (χ1v) is 3.80. The Morgan fingerprint density at radius 3 is 2.60 bits per heavy atom. The van der Waals surface area contributed by atoms with E-state index in [9.17, 15) is 0 Å². The van der Waals surface area contributed by atoms with Gasteiger partial charge in [-0.1, -0.05) is 19.8 Å². The number of hydrogen-bond acceptors (Lipinski definition) is 1. The van der Waals surface area contributed by atoms with Gasteiger partial charge in [-0.05, 0) is 18.8 Å². The second-order valence-electron chi connectivity index (χ2n) is 3.55. The van der Waals surface area contributed by atoms with Gasteiger partial charge in [0.1, 0.15) is 0 Å². The van der Waals surface area contributed by atoms with Gasteiger partial charge in [-0.25, -0.2) is 0 Å². The lowest BCUT2D eigenvalue weighted by molar-refractivity contribution is 0.564. The first-order chi connectivity index (χ1) is 4.67. The van der Waals surface area contributed by atoms with Gasteiger partial charge in [-0.3, -0.25) is 0 Å². The molecule has 0 aromatic carbocycles. The molecule has 1 saturated carbocycles. The third kappa shape index (κ3) is 1.75. The van der Waals surface area contributed by atoms with Gasteiger partial charge in [0, 0.05) is 6.04 Å². The summed E-state index contributed by atoms with van der Waals surface area (Å²) in [5.41, 5.74) is 0.537. The lowest BCUT2D eigenvalue weighted by atomic mass is 10.2. The third-order valence-corrected chi connectivity index (χ3v) is 2.13. The van der Waals surface area contributed by atoms with Crippen LogP contribution in [0.25, 0.3) is 0 Å². The van der Waals surface area contributed by atoms with Crippen molar-refractivity contribution in [3.05, 3.63) is 0 Å². The Kier molecular flexibility index (Phi) is 2.01. The average Bonchev–Trinajstić information content (AvgIpc) is 2.41. The fourth-order valence-corrected chi connectivity index (χ4v) is 1.08. The molecular weight excluding hydrogens is 122 g/mol. The molecule has 0 spiro atoms. The van der Waals surface area contributed by atoms with Crippen molar-refractivity contribution in [1.82, 2.24) is 5.32 Å². The van der Waals surface area contributed by atoms with E-state index < -0.39 is 0 Å². The molecule has 0 amide bonds. The van der Waals surface area contributed by atoms with E-state index in [4.69, 9.17) is 0 Å². The van der Waals surface area contributed by atoms with E-state index in [1.807, 2.05) is 6.92 Å². The van der Waals surface area contributed by atoms with Gasteiger partial charge in [-0.15, -0.1) is 5.92 Å². The summed E-state index contributed by atoms with van der Waals surface area (Å²) in [6.45, 7) is 7.29. The Morgan fingerprint density at radius 1 is 1.60 bits per heavy atom. The van der Waals surface area contributed by atoms with Crippen LogP contribution in [0.5, 0.6) is 0 Å². The van der Waals surface area contributed by atoms with Crippen molar-refractivity contribution >= 4 is 0 Å². The van der Waals surface area contributed by atoms with Crippen LogP contribution in [0.2, 0.25) is 0 Å². The quantitative estimate of drug-likeness (QED) is 0.567. The summed E-state index contributed by atoms with van der Waals surface area (Å²) in [6, 6.07) is 0.716. The van der Waals surface area contributed by atoms with Crippen LogP contribution in [-0.4, -0.2) is 12.6 Å². The molecule has 1 heteroatoms. The molecule has 0 radical (unpaired) electrons. The standard InChI is InChI=1S/C9H15N/c1-4-5-6-10-8-7-9(8,2)3/h8,10H,6-7H2,1-3H3. The Labute approximate surface area is 63.2 Å². The maximum Gasteiger partial charge on any atom is 0.0578 e. The molecule has 10 heavy (non-hydrogen) atoms. The normalized spacial score (nSPS) is 26.9. The molecule has 1 fully saturated rings. The van der Waals surface area contributed by atoms with E-state index >= 15 is 0 Å². The zero-order valence-corrected chi connectivity index (χ0v) is 6.99. The highest BCUT2D eigenvalue weighted by Crippen LogP contribution is 2.44. The molecule has 56 valence electrons. The number of nitrogens with one attached hydrogen (secondary N) is 1. The molecule has 0 heterocycles. The van der Waals surface area contributed by atoms with Crippen molar-refractivity contribution in [3.8, 4) is 11.8 Å². The highest BCUT2D eigenvalue weighted by molar-refractivity contribution is 5.05. The lowest BCUT2D eigenvalue weighted by Gasteiger charge is -2.01. The minimum Gasteiger partial charge on any atom is -0.303 e. The molecule has 0 aromatic heterocycles. The minimum atomic E-state index is 0.537.